The van der Waals surface area contributed by atoms with Crippen LogP contribution in [-0.4, -0.2) is 37.8 Å². The molecule has 0 bridgehead atoms. The number of nitrogens with zero attached hydrogens (tertiary/aromatic N) is 3. The standard InChI is InChI=1S/C17H23N5OS/c1-17(7-2-8-24-17)11-20-16(23)19-9-14-3-5-15(6-4-14)10-22-13-18-12-21-22/h3-6,12-13H,2,7-11H2,1H3,(H2,19,20,23)/t17-/m1/s1. The molecule has 1 atom stereocenters. The predicted molar refractivity (Wildman–Crippen MR) is 95.9 cm³/mol. The van der Waals surface area contributed by atoms with E-state index in [4.69, 9.17) is 0 Å². The zero-order valence-electron chi connectivity index (χ0n) is 13.9. The van der Waals surface area contributed by atoms with Crippen LogP contribution in [-0.2, 0) is 13.1 Å². The third-order valence-electron chi connectivity index (χ3n) is 4.21. The zero-order valence-corrected chi connectivity index (χ0v) is 14.7. The molecule has 2 heterocycles. The Labute approximate surface area is 146 Å². The molecule has 6 nitrogen and oxygen atoms in total. The van der Waals surface area contributed by atoms with Gasteiger partial charge in [0.15, 0.2) is 0 Å². The summed E-state index contributed by atoms with van der Waals surface area (Å²) in [6.07, 6.45) is 5.64. The summed E-state index contributed by atoms with van der Waals surface area (Å²) in [5, 5.41) is 10.00. The van der Waals surface area contributed by atoms with E-state index >= 15 is 0 Å². The van der Waals surface area contributed by atoms with Gasteiger partial charge in [-0.15, -0.1) is 0 Å². The van der Waals surface area contributed by atoms with E-state index in [-0.39, 0.29) is 10.8 Å². The van der Waals surface area contributed by atoms with Crippen LogP contribution in [0.25, 0.3) is 0 Å². The van der Waals surface area contributed by atoms with Crippen LogP contribution in [0.1, 0.15) is 30.9 Å². The smallest absolute Gasteiger partial charge is 0.315 e. The van der Waals surface area contributed by atoms with Crippen molar-refractivity contribution in [1.29, 1.82) is 0 Å². The third-order valence-corrected chi connectivity index (χ3v) is 5.75. The molecule has 3 rings (SSSR count). The monoisotopic (exact) mass is 345 g/mol. The van der Waals surface area contributed by atoms with Crippen molar-refractivity contribution in [3.63, 3.8) is 0 Å². The summed E-state index contributed by atoms with van der Waals surface area (Å²) in [6.45, 7) is 4.17. The maximum absolute atomic E-state index is 11.9. The topological polar surface area (TPSA) is 71.8 Å². The minimum absolute atomic E-state index is 0.101. The lowest BCUT2D eigenvalue weighted by Gasteiger charge is -2.22. The van der Waals surface area contributed by atoms with Crippen molar-refractivity contribution >= 4 is 17.8 Å². The van der Waals surface area contributed by atoms with Gasteiger partial charge in [0, 0.05) is 17.8 Å². The number of carbonyl (C=O) groups excluding carboxylic acids is 1. The van der Waals surface area contributed by atoms with Gasteiger partial charge in [0.1, 0.15) is 12.7 Å². The fraction of sp³-hybridized carbons (Fsp3) is 0.471. The highest BCUT2D eigenvalue weighted by Gasteiger charge is 2.29. The van der Waals surface area contributed by atoms with Gasteiger partial charge in [0.2, 0.25) is 0 Å². The second-order valence-corrected chi connectivity index (χ2v) is 8.03. The van der Waals surface area contributed by atoms with E-state index in [9.17, 15) is 4.79 Å². The highest BCUT2D eigenvalue weighted by atomic mass is 32.2. The summed E-state index contributed by atoms with van der Waals surface area (Å²) in [6, 6.07) is 8.05. The number of nitrogens with one attached hydrogen (secondary N) is 2. The molecule has 2 amide bonds. The van der Waals surface area contributed by atoms with E-state index in [1.807, 2.05) is 36.0 Å². The van der Waals surface area contributed by atoms with Gasteiger partial charge in [0.05, 0.1) is 6.54 Å². The van der Waals surface area contributed by atoms with E-state index < -0.39 is 0 Å². The number of carbonyl (C=O) groups is 1. The Hall–Kier alpha value is -2.02. The van der Waals surface area contributed by atoms with Crippen molar-refractivity contribution in [3.8, 4) is 0 Å². The maximum atomic E-state index is 11.9. The van der Waals surface area contributed by atoms with Crippen molar-refractivity contribution in [1.82, 2.24) is 25.4 Å². The van der Waals surface area contributed by atoms with Crippen molar-refractivity contribution in [2.45, 2.75) is 37.6 Å². The molecule has 0 unspecified atom stereocenters. The van der Waals surface area contributed by atoms with Crippen LogP contribution in [0.15, 0.2) is 36.9 Å². The molecule has 128 valence electrons. The number of rotatable bonds is 6. The van der Waals surface area contributed by atoms with E-state index in [1.54, 1.807) is 11.0 Å². The van der Waals surface area contributed by atoms with Gasteiger partial charge in [-0.25, -0.2) is 14.5 Å². The molecule has 0 aliphatic carbocycles. The second-order valence-electron chi connectivity index (χ2n) is 6.35. The lowest BCUT2D eigenvalue weighted by molar-refractivity contribution is 0.239. The molecule has 1 saturated heterocycles. The molecule has 0 saturated carbocycles. The van der Waals surface area contributed by atoms with Gasteiger partial charge in [0.25, 0.3) is 0 Å². The Bertz CT molecular complexity index is 650. The quantitative estimate of drug-likeness (QED) is 0.843. The summed E-state index contributed by atoms with van der Waals surface area (Å²) in [7, 11) is 0. The van der Waals surface area contributed by atoms with Crippen LogP contribution in [0.5, 0.6) is 0 Å². The number of hydrogen-bond donors (Lipinski definition) is 2. The largest absolute Gasteiger partial charge is 0.337 e. The number of urea groups is 1. The fourth-order valence-electron chi connectivity index (χ4n) is 2.75. The Morgan fingerprint density at radius 3 is 2.75 bits per heavy atom. The fourth-order valence-corrected chi connectivity index (χ4v) is 4.00. The molecule has 0 spiro atoms. The highest BCUT2D eigenvalue weighted by molar-refractivity contribution is 8.00. The van der Waals surface area contributed by atoms with Crippen molar-refractivity contribution in [3.05, 3.63) is 48.0 Å². The minimum Gasteiger partial charge on any atom is -0.337 e. The number of aromatic nitrogens is 3. The lowest BCUT2D eigenvalue weighted by Crippen LogP contribution is -2.42. The Balaban J connectivity index is 1.41. The van der Waals surface area contributed by atoms with Gasteiger partial charge < -0.3 is 10.6 Å². The zero-order chi connectivity index (χ0) is 16.8. The lowest BCUT2D eigenvalue weighted by atomic mass is 10.1. The second kappa shape index (κ2) is 7.70. The molecule has 0 radical (unpaired) electrons. The Kier molecular flexibility index (Phi) is 5.40. The van der Waals surface area contributed by atoms with Crippen LogP contribution in [0.2, 0.25) is 0 Å². The van der Waals surface area contributed by atoms with Crippen LogP contribution in [0.3, 0.4) is 0 Å². The molecule has 2 aromatic rings. The molecule has 1 aliphatic heterocycles. The summed E-state index contributed by atoms with van der Waals surface area (Å²) in [5.41, 5.74) is 2.23. The van der Waals surface area contributed by atoms with Crippen molar-refractivity contribution in [2.75, 3.05) is 12.3 Å². The van der Waals surface area contributed by atoms with Gasteiger partial charge >= 0.3 is 6.03 Å². The summed E-state index contributed by atoms with van der Waals surface area (Å²) in [5.74, 6) is 1.20. The SMILES string of the molecule is C[C@]1(CNC(=O)NCc2ccc(Cn3cncn3)cc2)CCCS1. The van der Waals surface area contributed by atoms with E-state index in [2.05, 4.69) is 27.6 Å². The van der Waals surface area contributed by atoms with Crippen molar-refractivity contribution < 1.29 is 4.79 Å². The third kappa shape index (κ3) is 4.74. The van der Waals surface area contributed by atoms with Gasteiger partial charge in [-0.1, -0.05) is 24.3 Å². The summed E-state index contributed by atoms with van der Waals surface area (Å²) in [4.78, 5) is 15.9. The van der Waals surface area contributed by atoms with Crippen LogP contribution >= 0.6 is 11.8 Å². The molecule has 1 aromatic heterocycles. The molecule has 7 heteroatoms. The Morgan fingerprint density at radius 2 is 2.08 bits per heavy atom. The summed E-state index contributed by atoms with van der Waals surface area (Å²) >= 11 is 1.95. The maximum Gasteiger partial charge on any atom is 0.315 e. The van der Waals surface area contributed by atoms with E-state index in [0.29, 0.717) is 13.1 Å². The molecule has 24 heavy (non-hydrogen) atoms. The highest BCUT2D eigenvalue weighted by Crippen LogP contribution is 2.36. The van der Waals surface area contributed by atoms with Gasteiger partial charge in [-0.2, -0.15) is 16.9 Å². The van der Waals surface area contributed by atoms with Gasteiger partial charge in [-0.3, -0.25) is 0 Å². The average molecular weight is 345 g/mol. The molecule has 1 fully saturated rings. The molecule has 2 N–H and O–H groups in total. The molecular formula is C17H23N5OS. The number of benzene rings is 1. The number of thioether (sulfide) groups is 1. The molecule has 1 aromatic carbocycles. The first-order valence-corrected chi connectivity index (χ1v) is 9.17. The van der Waals surface area contributed by atoms with Crippen LogP contribution in [0, 0.1) is 0 Å². The number of amides is 2. The van der Waals surface area contributed by atoms with Crippen LogP contribution in [0.4, 0.5) is 4.79 Å². The van der Waals surface area contributed by atoms with Crippen molar-refractivity contribution in [2.24, 2.45) is 0 Å². The predicted octanol–water partition coefficient (Wildman–Crippen LogP) is 2.41. The average Bonchev–Trinajstić information content (AvgIpc) is 3.25. The van der Waals surface area contributed by atoms with E-state index in [1.165, 1.54) is 24.9 Å². The van der Waals surface area contributed by atoms with Gasteiger partial charge in [-0.05, 0) is 36.6 Å². The first-order chi connectivity index (χ1) is 11.6. The van der Waals surface area contributed by atoms with Crippen LogP contribution < -0.4 is 10.6 Å². The first kappa shape index (κ1) is 16.8. The Morgan fingerprint density at radius 1 is 1.29 bits per heavy atom. The summed E-state index contributed by atoms with van der Waals surface area (Å²) < 4.78 is 1.97. The first-order valence-electron chi connectivity index (χ1n) is 8.19. The van der Waals surface area contributed by atoms with E-state index in [0.717, 1.165) is 17.7 Å². The molecular weight excluding hydrogens is 322 g/mol. The molecule has 1 aliphatic rings. The minimum atomic E-state index is -0.101. The normalized spacial score (nSPS) is 20.0. The number of hydrogen-bond acceptors (Lipinski definition) is 4.